The van der Waals surface area contributed by atoms with Crippen LogP contribution in [-0.2, 0) is 10.0 Å². The van der Waals surface area contributed by atoms with Crippen LogP contribution in [0.3, 0.4) is 0 Å². The summed E-state index contributed by atoms with van der Waals surface area (Å²) in [5, 5.41) is 14.5. The van der Waals surface area contributed by atoms with Crippen LogP contribution in [-0.4, -0.2) is 47.1 Å². The van der Waals surface area contributed by atoms with Crippen LogP contribution in [0.2, 0.25) is 0 Å². The normalized spacial score (nSPS) is 16.3. The first kappa shape index (κ1) is 18.6. The average Bonchev–Trinajstić information content (AvgIpc) is 2.59. The smallest absolute Gasteiger partial charge is 0.293 e. The molecule has 0 atom stereocenters. The number of benzene rings is 1. The Morgan fingerprint density at radius 3 is 2.50 bits per heavy atom. The summed E-state index contributed by atoms with van der Waals surface area (Å²) in [6.07, 6.45) is 3.07. The van der Waals surface area contributed by atoms with E-state index in [1.165, 1.54) is 19.2 Å². The van der Waals surface area contributed by atoms with Crippen LogP contribution < -0.4 is 14.9 Å². The van der Waals surface area contributed by atoms with E-state index in [-0.39, 0.29) is 10.6 Å². The van der Waals surface area contributed by atoms with Gasteiger partial charge < -0.3 is 10.2 Å². The Morgan fingerprint density at radius 1 is 1.29 bits per heavy atom. The molecular weight excluding hydrogens is 332 g/mol. The van der Waals surface area contributed by atoms with Gasteiger partial charge in [-0.15, -0.1) is 0 Å². The molecular formula is C15H24N4O4S. The van der Waals surface area contributed by atoms with E-state index in [1.54, 1.807) is 0 Å². The number of rotatable bonds is 7. The summed E-state index contributed by atoms with van der Waals surface area (Å²) in [4.78, 5) is 12.8. The zero-order valence-electron chi connectivity index (χ0n) is 14.0. The van der Waals surface area contributed by atoms with Crippen molar-refractivity contribution in [1.29, 1.82) is 0 Å². The van der Waals surface area contributed by atoms with Gasteiger partial charge in [0.15, 0.2) is 0 Å². The van der Waals surface area contributed by atoms with Crippen LogP contribution in [0, 0.1) is 16.0 Å². The van der Waals surface area contributed by atoms with Gasteiger partial charge in [-0.3, -0.25) is 10.1 Å². The number of hydrogen-bond donors (Lipinski definition) is 2. The molecule has 0 amide bonds. The number of nitrogens with zero attached hydrogens (tertiary/aromatic N) is 2. The predicted molar refractivity (Wildman–Crippen MR) is 92.8 cm³/mol. The molecule has 0 saturated carbocycles. The zero-order chi connectivity index (χ0) is 17.7. The van der Waals surface area contributed by atoms with Crippen LogP contribution in [0.4, 0.5) is 11.4 Å². The highest BCUT2D eigenvalue weighted by atomic mass is 32.2. The van der Waals surface area contributed by atoms with Gasteiger partial charge in [-0.05, 0) is 58.0 Å². The van der Waals surface area contributed by atoms with Crippen molar-refractivity contribution in [3.63, 3.8) is 0 Å². The lowest BCUT2D eigenvalue weighted by Crippen LogP contribution is -2.35. The predicted octanol–water partition coefficient (Wildman–Crippen LogP) is 1.33. The molecule has 9 heteroatoms. The Hall–Kier alpha value is -1.71. The van der Waals surface area contributed by atoms with E-state index in [0.29, 0.717) is 11.6 Å². The maximum Gasteiger partial charge on any atom is 0.293 e. The Kier molecular flexibility index (Phi) is 6.14. The summed E-state index contributed by atoms with van der Waals surface area (Å²) >= 11 is 0. The zero-order valence-corrected chi connectivity index (χ0v) is 14.8. The number of piperidine rings is 1. The lowest BCUT2D eigenvalue weighted by Gasteiger charge is -2.33. The topological polar surface area (TPSA) is 105 Å². The standard InChI is InChI=1S/C15H24N4O4S/c1-16-8-5-12-6-9-18(10-7-12)14-4-3-13(24(22,23)17-2)11-15(14)19(20)21/h3-4,11-12,16-17H,5-10H2,1-2H3. The molecule has 0 aliphatic carbocycles. The van der Waals surface area contributed by atoms with Crippen LogP contribution in [0.5, 0.6) is 0 Å². The monoisotopic (exact) mass is 356 g/mol. The molecule has 1 fully saturated rings. The van der Waals surface area contributed by atoms with Gasteiger partial charge in [0, 0.05) is 19.2 Å². The fourth-order valence-electron chi connectivity index (χ4n) is 3.01. The molecule has 8 nitrogen and oxygen atoms in total. The number of sulfonamides is 1. The van der Waals surface area contributed by atoms with Crippen molar-refractivity contribution in [2.75, 3.05) is 38.6 Å². The molecule has 2 rings (SSSR count). The number of anilines is 1. The molecule has 1 saturated heterocycles. The highest BCUT2D eigenvalue weighted by Gasteiger charge is 2.26. The molecule has 1 aromatic rings. The SMILES string of the molecule is CNCCC1CCN(c2ccc(S(=O)(=O)NC)cc2[N+](=O)[O-])CC1. The fraction of sp³-hybridized carbons (Fsp3) is 0.600. The van der Waals surface area contributed by atoms with Gasteiger partial charge in [0.2, 0.25) is 10.0 Å². The Bertz CT molecular complexity index is 685. The van der Waals surface area contributed by atoms with Gasteiger partial charge in [-0.1, -0.05) is 0 Å². The summed E-state index contributed by atoms with van der Waals surface area (Å²) < 4.78 is 25.9. The van der Waals surface area contributed by atoms with Crippen molar-refractivity contribution in [3.8, 4) is 0 Å². The summed E-state index contributed by atoms with van der Waals surface area (Å²) in [5.74, 6) is 0.622. The van der Waals surface area contributed by atoms with E-state index in [9.17, 15) is 18.5 Å². The summed E-state index contributed by atoms with van der Waals surface area (Å²) in [7, 11) is -0.488. The fourth-order valence-corrected chi connectivity index (χ4v) is 3.76. The highest BCUT2D eigenvalue weighted by Crippen LogP contribution is 2.33. The van der Waals surface area contributed by atoms with Gasteiger partial charge in [-0.2, -0.15) is 0 Å². The quantitative estimate of drug-likeness (QED) is 0.564. The maximum absolute atomic E-state index is 11.9. The van der Waals surface area contributed by atoms with Gasteiger partial charge in [-0.25, -0.2) is 13.1 Å². The Balaban J connectivity index is 2.20. The van der Waals surface area contributed by atoms with Crippen LogP contribution in [0.1, 0.15) is 19.3 Å². The van der Waals surface area contributed by atoms with Crippen molar-refractivity contribution in [3.05, 3.63) is 28.3 Å². The van der Waals surface area contributed by atoms with Crippen molar-refractivity contribution in [1.82, 2.24) is 10.0 Å². The second kappa shape index (κ2) is 7.91. The van der Waals surface area contributed by atoms with E-state index >= 15 is 0 Å². The van der Waals surface area contributed by atoms with Gasteiger partial charge in [0.1, 0.15) is 5.69 Å². The molecule has 2 N–H and O–H groups in total. The lowest BCUT2D eigenvalue weighted by molar-refractivity contribution is -0.384. The van der Waals surface area contributed by atoms with E-state index in [0.717, 1.165) is 45.0 Å². The number of hydrogen-bond acceptors (Lipinski definition) is 6. The third kappa shape index (κ3) is 4.22. The van der Waals surface area contributed by atoms with E-state index in [2.05, 4.69) is 10.0 Å². The first-order valence-electron chi connectivity index (χ1n) is 8.00. The largest absolute Gasteiger partial charge is 0.366 e. The van der Waals surface area contributed by atoms with Crippen molar-refractivity contribution >= 4 is 21.4 Å². The molecule has 1 aliphatic rings. The lowest BCUT2D eigenvalue weighted by atomic mass is 9.93. The second-order valence-corrected chi connectivity index (χ2v) is 7.82. The van der Waals surface area contributed by atoms with Gasteiger partial charge in [0.25, 0.3) is 5.69 Å². The maximum atomic E-state index is 11.9. The Morgan fingerprint density at radius 2 is 1.96 bits per heavy atom. The molecule has 0 radical (unpaired) electrons. The van der Waals surface area contributed by atoms with E-state index in [4.69, 9.17) is 0 Å². The number of nitrogens with one attached hydrogen (secondary N) is 2. The third-order valence-corrected chi connectivity index (χ3v) is 5.89. The third-order valence-electron chi connectivity index (χ3n) is 4.48. The Labute approximate surface area is 142 Å². The minimum Gasteiger partial charge on any atom is -0.366 e. The molecule has 0 bridgehead atoms. The molecule has 1 aliphatic heterocycles. The minimum atomic E-state index is -3.70. The van der Waals surface area contributed by atoms with Gasteiger partial charge >= 0.3 is 0 Å². The molecule has 24 heavy (non-hydrogen) atoms. The summed E-state index contributed by atoms with van der Waals surface area (Å²) in [6.45, 7) is 2.46. The molecule has 0 aromatic heterocycles. The second-order valence-electron chi connectivity index (χ2n) is 5.94. The van der Waals surface area contributed by atoms with Crippen molar-refractivity contribution in [2.45, 2.75) is 24.2 Å². The summed E-state index contributed by atoms with van der Waals surface area (Å²) in [6, 6.07) is 4.09. The molecule has 134 valence electrons. The molecule has 1 aromatic carbocycles. The van der Waals surface area contributed by atoms with Crippen molar-refractivity contribution in [2.24, 2.45) is 5.92 Å². The van der Waals surface area contributed by atoms with Crippen LogP contribution >= 0.6 is 0 Å². The first-order valence-corrected chi connectivity index (χ1v) is 9.49. The molecule has 0 unspecified atom stereocenters. The number of nitro groups is 1. The van der Waals surface area contributed by atoms with Crippen LogP contribution in [0.25, 0.3) is 0 Å². The summed E-state index contributed by atoms with van der Waals surface area (Å²) in [5.41, 5.74) is 0.321. The van der Waals surface area contributed by atoms with Gasteiger partial charge in [0.05, 0.1) is 9.82 Å². The van der Waals surface area contributed by atoms with Crippen molar-refractivity contribution < 1.29 is 13.3 Å². The first-order chi connectivity index (χ1) is 11.4. The van der Waals surface area contributed by atoms with E-state index in [1.807, 2.05) is 11.9 Å². The van der Waals surface area contributed by atoms with Crippen LogP contribution in [0.15, 0.2) is 23.1 Å². The highest BCUT2D eigenvalue weighted by molar-refractivity contribution is 7.89. The molecule has 0 spiro atoms. The molecule has 1 heterocycles. The number of nitro benzene ring substituents is 1. The average molecular weight is 356 g/mol. The minimum absolute atomic E-state index is 0.0932. The van der Waals surface area contributed by atoms with E-state index < -0.39 is 14.9 Å².